The number of aryl methyl sites for hydroxylation is 1. The molecule has 6 rings (SSSR count). The minimum absolute atomic E-state index is 0.0878. The molecule has 2 heterocycles. The van der Waals surface area contributed by atoms with E-state index in [1.807, 2.05) is 79.7 Å². The highest BCUT2D eigenvalue weighted by molar-refractivity contribution is 5.90. The summed E-state index contributed by atoms with van der Waals surface area (Å²) in [4.78, 5) is 19.2. The predicted octanol–water partition coefficient (Wildman–Crippen LogP) is 6.30. The van der Waals surface area contributed by atoms with Crippen molar-refractivity contribution in [3.8, 4) is 17.4 Å². The van der Waals surface area contributed by atoms with E-state index < -0.39 is 0 Å². The van der Waals surface area contributed by atoms with Crippen molar-refractivity contribution < 1.29 is 9.47 Å². The number of ether oxygens (including phenoxy) is 2. The Labute approximate surface area is 209 Å². The van der Waals surface area contributed by atoms with Gasteiger partial charge in [0.2, 0.25) is 5.88 Å². The van der Waals surface area contributed by atoms with Crippen molar-refractivity contribution in [1.82, 2.24) is 9.55 Å². The molecule has 0 spiro atoms. The van der Waals surface area contributed by atoms with Gasteiger partial charge in [-0.2, -0.15) is 4.98 Å². The first-order valence-electron chi connectivity index (χ1n) is 12.2. The third-order valence-electron chi connectivity index (χ3n) is 6.91. The SMILES string of the molecule is CCc1nc2c(c(=O)n1Cc1ccccc1)C(c1ccccc1OC)c1c(ccc3ccccc13)O2. The van der Waals surface area contributed by atoms with Crippen LogP contribution in [0.1, 0.15) is 40.9 Å². The van der Waals surface area contributed by atoms with E-state index in [1.54, 1.807) is 11.7 Å². The molecule has 5 nitrogen and oxygen atoms in total. The van der Waals surface area contributed by atoms with Crippen LogP contribution in [0.2, 0.25) is 0 Å². The van der Waals surface area contributed by atoms with E-state index in [9.17, 15) is 4.79 Å². The highest BCUT2D eigenvalue weighted by atomic mass is 16.5. The minimum atomic E-state index is -0.390. The standard InChI is InChI=1S/C31H26N2O3/c1-3-26-32-30-29(31(34)33(26)19-20-11-5-4-6-12-20)28(23-15-9-10-16-24(23)35-2)27-22-14-8-7-13-21(22)17-18-25(27)36-30/h4-18,28H,3,19H2,1-2H3. The lowest BCUT2D eigenvalue weighted by molar-refractivity contribution is 0.400. The number of benzene rings is 4. The fourth-order valence-electron chi connectivity index (χ4n) is 5.24. The second kappa shape index (κ2) is 9.00. The third kappa shape index (κ3) is 3.55. The molecule has 0 saturated heterocycles. The Morgan fingerprint density at radius 3 is 2.44 bits per heavy atom. The first-order valence-corrected chi connectivity index (χ1v) is 12.2. The van der Waals surface area contributed by atoms with E-state index in [-0.39, 0.29) is 11.5 Å². The zero-order valence-corrected chi connectivity index (χ0v) is 20.3. The molecule has 0 radical (unpaired) electrons. The van der Waals surface area contributed by atoms with Gasteiger partial charge in [-0.25, -0.2) is 0 Å². The molecule has 1 aromatic heterocycles. The molecule has 4 aromatic carbocycles. The fraction of sp³-hybridized carbons (Fsp3) is 0.161. The molecule has 0 amide bonds. The van der Waals surface area contributed by atoms with Gasteiger partial charge in [-0.1, -0.05) is 85.8 Å². The second-order valence-corrected chi connectivity index (χ2v) is 8.95. The van der Waals surface area contributed by atoms with E-state index in [0.29, 0.717) is 36.0 Å². The molecule has 178 valence electrons. The van der Waals surface area contributed by atoms with Crippen molar-refractivity contribution in [2.24, 2.45) is 0 Å². The molecule has 0 aliphatic carbocycles. The minimum Gasteiger partial charge on any atom is -0.496 e. The Hall–Kier alpha value is -4.38. The summed E-state index contributed by atoms with van der Waals surface area (Å²) >= 11 is 0. The number of methoxy groups -OCH3 is 1. The molecule has 1 aliphatic rings. The normalized spacial score (nSPS) is 14.1. The van der Waals surface area contributed by atoms with Gasteiger partial charge < -0.3 is 9.47 Å². The number of hydrogen-bond acceptors (Lipinski definition) is 4. The largest absolute Gasteiger partial charge is 0.496 e. The summed E-state index contributed by atoms with van der Waals surface area (Å²) in [6.07, 6.45) is 0.614. The van der Waals surface area contributed by atoms with Gasteiger partial charge in [0.25, 0.3) is 5.56 Å². The molecule has 1 aliphatic heterocycles. The van der Waals surface area contributed by atoms with E-state index >= 15 is 0 Å². The van der Waals surface area contributed by atoms with Crippen LogP contribution in [-0.4, -0.2) is 16.7 Å². The summed E-state index contributed by atoms with van der Waals surface area (Å²) < 4.78 is 13.9. The first-order chi connectivity index (χ1) is 17.7. The molecule has 0 fully saturated rings. The number of hydrogen-bond donors (Lipinski definition) is 0. The summed E-state index contributed by atoms with van der Waals surface area (Å²) in [6.45, 7) is 2.46. The molecule has 0 saturated carbocycles. The van der Waals surface area contributed by atoms with Gasteiger partial charge in [0.15, 0.2) is 0 Å². The van der Waals surface area contributed by atoms with Gasteiger partial charge in [-0.15, -0.1) is 0 Å². The average molecular weight is 475 g/mol. The zero-order chi connectivity index (χ0) is 24.6. The molecule has 1 atom stereocenters. The first kappa shape index (κ1) is 22.1. The highest BCUT2D eigenvalue weighted by Crippen LogP contribution is 2.49. The van der Waals surface area contributed by atoms with E-state index in [2.05, 4.69) is 18.2 Å². The lowest BCUT2D eigenvalue weighted by Crippen LogP contribution is -2.33. The maximum absolute atomic E-state index is 14.3. The molecule has 5 aromatic rings. The maximum Gasteiger partial charge on any atom is 0.261 e. The van der Waals surface area contributed by atoms with Gasteiger partial charge >= 0.3 is 0 Å². The Morgan fingerprint density at radius 1 is 0.889 bits per heavy atom. The zero-order valence-electron chi connectivity index (χ0n) is 20.3. The number of fused-ring (bicyclic) bond motifs is 4. The quantitative estimate of drug-likeness (QED) is 0.294. The lowest BCUT2D eigenvalue weighted by atomic mass is 9.81. The van der Waals surface area contributed by atoms with Crippen molar-refractivity contribution in [3.05, 3.63) is 129 Å². The van der Waals surface area contributed by atoms with Gasteiger partial charge in [0.1, 0.15) is 17.3 Å². The van der Waals surface area contributed by atoms with Crippen molar-refractivity contribution in [3.63, 3.8) is 0 Å². The van der Waals surface area contributed by atoms with Crippen molar-refractivity contribution in [2.75, 3.05) is 7.11 Å². The number of aromatic nitrogens is 2. The van der Waals surface area contributed by atoms with Gasteiger partial charge in [0, 0.05) is 17.5 Å². The Morgan fingerprint density at radius 2 is 1.64 bits per heavy atom. The molecular weight excluding hydrogens is 448 g/mol. The van der Waals surface area contributed by atoms with Crippen LogP contribution in [0.15, 0.2) is 95.8 Å². The fourth-order valence-corrected chi connectivity index (χ4v) is 5.24. The van der Waals surface area contributed by atoms with Gasteiger partial charge in [-0.05, 0) is 28.5 Å². The number of rotatable bonds is 5. The Bertz CT molecular complexity index is 1640. The molecule has 0 N–H and O–H groups in total. The average Bonchev–Trinajstić information content (AvgIpc) is 2.93. The lowest BCUT2D eigenvalue weighted by Gasteiger charge is -2.30. The summed E-state index contributed by atoms with van der Waals surface area (Å²) in [5.41, 5.74) is 3.37. The second-order valence-electron chi connectivity index (χ2n) is 8.95. The van der Waals surface area contributed by atoms with E-state index in [1.165, 1.54) is 0 Å². The monoisotopic (exact) mass is 474 g/mol. The molecular formula is C31H26N2O3. The molecule has 36 heavy (non-hydrogen) atoms. The summed E-state index contributed by atoms with van der Waals surface area (Å²) in [6, 6.07) is 30.1. The molecule has 5 heteroatoms. The van der Waals surface area contributed by atoms with E-state index in [0.717, 1.165) is 33.2 Å². The predicted molar refractivity (Wildman–Crippen MR) is 141 cm³/mol. The van der Waals surface area contributed by atoms with Crippen LogP contribution in [0.5, 0.6) is 17.4 Å². The maximum atomic E-state index is 14.3. The third-order valence-corrected chi connectivity index (χ3v) is 6.91. The van der Waals surface area contributed by atoms with Crippen LogP contribution >= 0.6 is 0 Å². The molecule has 0 bridgehead atoms. The van der Waals surface area contributed by atoms with Crippen molar-refractivity contribution in [2.45, 2.75) is 25.8 Å². The summed E-state index contributed by atoms with van der Waals surface area (Å²) in [7, 11) is 1.66. The Balaban J connectivity index is 1.67. The number of para-hydroxylation sites is 1. The smallest absolute Gasteiger partial charge is 0.261 e. The summed E-state index contributed by atoms with van der Waals surface area (Å²) in [5.74, 6) is 2.12. The molecule has 1 unspecified atom stereocenters. The van der Waals surface area contributed by atoms with E-state index in [4.69, 9.17) is 14.5 Å². The highest BCUT2D eigenvalue weighted by Gasteiger charge is 2.36. The van der Waals surface area contributed by atoms with Crippen LogP contribution in [0.4, 0.5) is 0 Å². The summed E-state index contributed by atoms with van der Waals surface area (Å²) in [5, 5.41) is 2.14. The van der Waals surface area contributed by atoms with Gasteiger partial charge in [0.05, 0.1) is 25.1 Å². The van der Waals surface area contributed by atoms with Crippen LogP contribution < -0.4 is 15.0 Å². The van der Waals surface area contributed by atoms with Crippen LogP contribution in [0.25, 0.3) is 10.8 Å². The van der Waals surface area contributed by atoms with Crippen LogP contribution in [0, 0.1) is 0 Å². The van der Waals surface area contributed by atoms with Gasteiger partial charge in [-0.3, -0.25) is 9.36 Å². The number of nitrogens with zero attached hydrogens (tertiary/aromatic N) is 2. The topological polar surface area (TPSA) is 53.4 Å². The van der Waals surface area contributed by atoms with Crippen molar-refractivity contribution in [1.29, 1.82) is 0 Å². The van der Waals surface area contributed by atoms with Crippen LogP contribution in [-0.2, 0) is 13.0 Å². The van der Waals surface area contributed by atoms with Crippen molar-refractivity contribution >= 4 is 10.8 Å². The Kier molecular flexibility index (Phi) is 5.53. The van der Waals surface area contributed by atoms with Crippen LogP contribution in [0.3, 0.4) is 0 Å².